The van der Waals surface area contributed by atoms with Crippen molar-refractivity contribution in [1.29, 1.82) is 0 Å². The van der Waals surface area contributed by atoms with Gasteiger partial charge in [-0.25, -0.2) is 4.79 Å². The number of nitrogens with one attached hydrogen (secondary N) is 1. The van der Waals surface area contributed by atoms with Crippen LogP contribution in [0.3, 0.4) is 0 Å². The minimum atomic E-state index is -0.186. The van der Waals surface area contributed by atoms with Crippen LogP contribution in [0.25, 0.3) is 0 Å². The molecular formula is C25H36N4O2. The first-order valence-corrected chi connectivity index (χ1v) is 12.2. The molecule has 3 aliphatic heterocycles. The van der Waals surface area contributed by atoms with Crippen molar-refractivity contribution in [2.75, 3.05) is 51.1 Å². The van der Waals surface area contributed by atoms with Crippen LogP contribution in [0.2, 0.25) is 0 Å². The second-order valence-electron chi connectivity index (χ2n) is 10.2. The first kappa shape index (κ1) is 20.8. The number of rotatable bonds is 3. The third kappa shape index (κ3) is 3.53. The topological polar surface area (TPSA) is 55.9 Å². The van der Waals surface area contributed by atoms with Crippen LogP contribution in [0, 0.1) is 16.7 Å². The second kappa shape index (κ2) is 8.12. The van der Waals surface area contributed by atoms with E-state index in [0.29, 0.717) is 11.8 Å². The molecule has 1 aromatic rings. The minimum Gasteiger partial charge on any atom is -0.342 e. The maximum absolute atomic E-state index is 13.7. The fraction of sp³-hybridized carbons (Fsp3) is 0.680. The van der Waals surface area contributed by atoms with Gasteiger partial charge in [0.25, 0.3) is 0 Å². The van der Waals surface area contributed by atoms with Gasteiger partial charge in [-0.05, 0) is 68.5 Å². The van der Waals surface area contributed by atoms with Gasteiger partial charge in [-0.2, -0.15) is 0 Å². The van der Waals surface area contributed by atoms with E-state index in [-0.39, 0.29) is 16.9 Å². The van der Waals surface area contributed by atoms with Crippen molar-refractivity contribution in [3.8, 4) is 0 Å². The SMILES string of the molecule is CCN1C[C@@H]2C3(CCN(C(=O)Nc4ccccc4)CC3)CC[C@@]2(C(=O)N2CCCC2)C1. The smallest absolute Gasteiger partial charge is 0.321 e. The van der Waals surface area contributed by atoms with Gasteiger partial charge in [-0.3, -0.25) is 4.79 Å². The molecule has 6 nitrogen and oxygen atoms in total. The highest BCUT2D eigenvalue weighted by atomic mass is 16.2. The average Bonchev–Trinajstić information content (AvgIpc) is 3.52. The molecule has 1 aliphatic carbocycles. The van der Waals surface area contributed by atoms with E-state index in [0.717, 1.165) is 90.0 Å². The fourth-order valence-electron chi connectivity index (χ4n) is 6.96. The molecule has 5 rings (SSSR count). The summed E-state index contributed by atoms with van der Waals surface area (Å²) >= 11 is 0. The van der Waals surface area contributed by atoms with E-state index in [9.17, 15) is 9.59 Å². The molecule has 1 spiro atoms. The fourth-order valence-corrected chi connectivity index (χ4v) is 6.96. The molecule has 0 unspecified atom stereocenters. The van der Waals surface area contributed by atoms with Crippen LogP contribution in [0.15, 0.2) is 30.3 Å². The van der Waals surface area contributed by atoms with Gasteiger partial charge in [0.1, 0.15) is 0 Å². The Bertz CT molecular complexity index is 814. The van der Waals surface area contributed by atoms with Gasteiger partial charge in [0.15, 0.2) is 0 Å². The Labute approximate surface area is 185 Å². The highest BCUT2D eigenvalue weighted by Gasteiger charge is 2.64. The molecule has 3 heterocycles. The van der Waals surface area contributed by atoms with Crippen molar-refractivity contribution < 1.29 is 9.59 Å². The van der Waals surface area contributed by atoms with E-state index in [2.05, 4.69) is 22.0 Å². The van der Waals surface area contributed by atoms with Crippen LogP contribution in [0.5, 0.6) is 0 Å². The lowest BCUT2D eigenvalue weighted by Crippen LogP contribution is -2.50. The Hall–Kier alpha value is -2.08. The number of carbonyl (C=O) groups is 2. The Morgan fingerprint density at radius 3 is 2.35 bits per heavy atom. The molecule has 6 heteroatoms. The molecular weight excluding hydrogens is 388 g/mol. The lowest BCUT2D eigenvalue weighted by atomic mass is 9.65. The number of carbonyl (C=O) groups excluding carboxylic acids is 2. The number of benzene rings is 1. The quantitative estimate of drug-likeness (QED) is 0.806. The molecule has 3 saturated heterocycles. The largest absolute Gasteiger partial charge is 0.342 e. The van der Waals surface area contributed by atoms with Crippen LogP contribution in [0.4, 0.5) is 10.5 Å². The predicted octanol–water partition coefficient (Wildman–Crippen LogP) is 3.66. The summed E-state index contributed by atoms with van der Waals surface area (Å²) in [5.74, 6) is 0.874. The molecule has 0 aromatic heterocycles. The molecule has 168 valence electrons. The van der Waals surface area contributed by atoms with E-state index >= 15 is 0 Å². The molecule has 1 N–H and O–H groups in total. The molecule has 31 heavy (non-hydrogen) atoms. The van der Waals surface area contributed by atoms with Crippen LogP contribution in [-0.4, -0.2) is 72.5 Å². The molecule has 4 fully saturated rings. The molecule has 1 saturated carbocycles. The summed E-state index contributed by atoms with van der Waals surface area (Å²) in [6.07, 6.45) is 6.52. The summed E-state index contributed by atoms with van der Waals surface area (Å²) in [5.41, 5.74) is 0.871. The number of para-hydroxylation sites is 1. The van der Waals surface area contributed by atoms with Crippen molar-refractivity contribution in [3.63, 3.8) is 0 Å². The van der Waals surface area contributed by atoms with Crippen LogP contribution >= 0.6 is 0 Å². The molecule has 4 aliphatic rings. The van der Waals surface area contributed by atoms with Gasteiger partial charge >= 0.3 is 6.03 Å². The van der Waals surface area contributed by atoms with E-state index in [1.165, 1.54) is 0 Å². The Kier molecular flexibility index (Phi) is 5.45. The van der Waals surface area contributed by atoms with Gasteiger partial charge in [0, 0.05) is 45.0 Å². The third-order valence-electron chi connectivity index (χ3n) is 8.76. The summed E-state index contributed by atoms with van der Waals surface area (Å²) in [7, 11) is 0. The van der Waals surface area contributed by atoms with Crippen molar-refractivity contribution >= 4 is 17.6 Å². The first-order valence-electron chi connectivity index (χ1n) is 12.2. The van der Waals surface area contributed by atoms with Crippen molar-refractivity contribution in [1.82, 2.24) is 14.7 Å². The predicted molar refractivity (Wildman–Crippen MR) is 122 cm³/mol. The zero-order valence-electron chi connectivity index (χ0n) is 18.8. The maximum Gasteiger partial charge on any atom is 0.321 e. The third-order valence-corrected chi connectivity index (χ3v) is 8.76. The van der Waals surface area contributed by atoms with Gasteiger partial charge in [-0.15, -0.1) is 0 Å². The summed E-state index contributed by atoms with van der Waals surface area (Å²) in [4.78, 5) is 33.2. The van der Waals surface area contributed by atoms with E-state index < -0.39 is 0 Å². The molecule has 0 radical (unpaired) electrons. The van der Waals surface area contributed by atoms with E-state index in [4.69, 9.17) is 0 Å². The highest BCUT2D eigenvalue weighted by molar-refractivity contribution is 5.89. The van der Waals surface area contributed by atoms with Gasteiger partial charge in [0.2, 0.25) is 5.91 Å². The zero-order valence-corrected chi connectivity index (χ0v) is 18.8. The number of anilines is 1. The summed E-state index contributed by atoms with van der Waals surface area (Å²) in [6, 6.07) is 9.69. The highest BCUT2D eigenvalue weighted by Crippen LogP contribution is 2.62. The van der Waals surface area contributed by atoms with Crippen molar-refractivity contribution in [2.24, 2.45) is 16.7 Å². The lowest BCUT2D eigenvalue weighted by molar-refractivity contribution is -0.142. The van der Waals surface area contributed by atoms with Crippen LogP contribution in [-0.2, 0) is 4.79 Å². The number of amides is 3. The van der Waals surface area contributed by atoms with Gasteiger partial charge in [-0.1, -0.05) is 25.1 Å². The summed E-state index contributed by atoms with van der Waals surface area (Å²) < 4.78 is 0. The molecule has 0 bridgehead atoms. The number of urea groups is 1. The van der Waals surface area contributed by atoms with E-state index in [1.807, 2.05) is 35.2 Å². The number of hydrogen-bond donors (Lipinski definition) is 1. The molecule has 2 atom stereocenters. The van der Waals surface area contributed by atoms with Crippen LogP contribution < -0.4 is 5.32 Å². The number of nitrogens with zero attached hydrogens (tertiary/aromatic N) is 3. The monoisotopic (exact) mass is 424 g/mol. The van der Waals surface area contributed by atoms with Crippen molar-refractivity contribution in [3.05, 3.63) is 30.3 Å². The molecule has 1 aromatic carbocycles. The lowest BCUT2D eigenvalue weighted by Gasteiger charge is -2.44. The normalized spacial score (nSPS) is 30.0. The minimum absolute atomic E-state index is 0.0000555. The molecule has 3 amide bonds. The zero-order chi connectivity index (χ0) is 21.5. The summed E-state index contributed by atoms with van der Waals surface area (Å²) in [5, 5.41) is 3.03. The Balaban J connectivity index is 1.29. The number of piperidine rings is 1. The first-order chi connectivity index (χ1) is 15.1. The van der Waals surface area contributed by atoms with Gasteiger partial charge in [0.05, 0.1) is 5.41 Å². The Morgan fingerprint density at radius 1 is 0.968 bits per heavy atom. The summed E-state index contributed by atoms with van der Waals surface area (Å²) in [6.45, 7) is 8.69. The van der Waals surface area contributed by atoms with Crippen LogP contribution in [0.1, 0.15) is 45.4 Å². The second-order valence-corrected chi connectivity index (χ2v) is 10.2. The number of hydrogen-bond acceptors (Lipinski definition) is 3. The van der Waals surface area contributed by atoms with Crippen molar-refractivity contribution in [2.45, 2.75) is 45.4 Å². The van der Waals surface area contributed by atoms with E-state index in [1.54, 1.807) is 0 Å². The van der Waals surface area contributed by atoms with Gasteiger partial charge < -0.3 is 20.0 Å². The Morgan fingerprint density at radius 2 is 1.68 bits per heavy atom. The standard InChI is InChI=1S/C25H36N4O2/c1-2-27-18-21-24(10-11-25(21,19-27)22(30)28-14-6-7-15-28)12-16-29(17-13-24)23(31)26-20-8-4-3-5-9-20/h3-5,8-9,21H,2,6-7,10-19H2,1H3,(H,26,31)/t21-,25-/m1/s1. The maximum atomic E-state index is 13.7. The number of fused-ring (bicyclic) bond motifs is 2. The average molecular weight is 425 g/mol. The number of likely N-dealkylation sites (tertiary alicyclic amines) is 3.